The molecule has 0 bridgehead atoms. The normalized spacial score (nSPS) is 14.5. The van der Waals surface area contributed by atoms with Crippen molar-refractivity contribution in [3.8, 4) is 0 Å². The Morgan fingerprint density at radius 2 is 2.06 bits per heavy atom. The Bertz CT molecular complexity index is 368. The summed E-state index contributed by atoms with van der Waals surface area (Å²) in [5, 5.41) is 10.4. The lowest BCUT2D eigenvalue weighted by molar-refractivity contribution is 0.138. The summed E-state index contributed by atoms with van der Waals surface area (Å²) in [6, 6.07) is 6.11. The maximum absolute atomic E-state index is 10.4. The molecule has 0 aliphatic heterocycles. The quantitative estimate of drug-likeness (QED) is 0.557. The molecule has 0 radical (unpaired) electrons. The van der Waals surface area contributed by atoms with Gasteiger partial charge in [0, 0.05) is 8.04 Å². The molecule has 1 aromatic carbocycles. The predicted molar refractivity (Wildman–Crippen MR) is 89.7 cm³/mol. The highest BCUT2D eigenvalue weighted by molar-refractivity contribution is 14.1. The third-order valence-corrected chi connectivity index (χ3v) is 4.89. The van der Waals surface area contributed by atoms with Crippen LogP contribution in [-0.2, 0) is 0 Å². The minimum absolute atomic E-state index is 0.337. The summed E-state index contributed by atoms with van der Waals surface area (Å²) in [5.41, 5.74) is 1.06. The molecule has 2 atom stereocenters. The molecule has 0 fully saturated rings. The Labute approximate surface area is 133 Å². The molecule has 1 aromatic rings. The third kappa shape index (κ3) is 5.17. The molecule has 0 spiro atoms. The van der Waals surface area contributed by atoms with Crippen LogP contribution in [0, 0.1) is 9.49 Å². The van der Waals surface area contributed by atoms with E-state index >= 15 is 0 Å². The first-order valence-corrected chi connectivity index (χ1v) is 8.58. The number of hydrogen-bond acceptors (Lipinski definition) is 1. The highest BCUT2D eigenvalue weighted by atomic mass is 127. The van der Waals surface area contributed by atoms with E-state index in [-0.39, 0.29) is 6.10 Å². The van der Waals surface area contributed by atoms with E-state index in [0.717, 1.165) is 26.4 Å². The first-order valence-electron chi connectivity index (χ1n) is 6.71. The Morgan fingerprint density at radius 3 is 2.67 bits per heavy atom. The van der Waals surface area contributed by atoms with Crippen LogP contribution in [0.5, 0.6) is 0 Å². The molecule has 2 unspecified atom stereocenters. The van der Waals surface area contributed by atoms with Crippen molar-refractivity contribution < 1.29 is 5.11 Å². The SMILES string of the molecule is CCCCC(CC)CC(O)c1cc(Br)ccc1I. The Kier molecular flexibility index (Phi) is 7.80. The molecule has 1 rings (SSSR count). The van der Waals surface area contributed by atoms with Crippen molar-refractivity contribution in [1.29, 1.82) is 0 Å². The first kappa shape index (κ1) is 16.4. The number of unbranched alkanes of at least 4 members (excludes halogenated alkanes) is 1. The molecule has 0 saturated heterocycles. The summed E-state index contributed by atoms with van der Waals surface area (Å²) in [6.45, 7) is 4.44. The van der Waals surface area contributed by atoms with Gasteiger partial charge in [0.2, 0.25) is 0 Å². The monoisotopic (exact) mass is 424 g/mol. The second-order valence-corrected chi connectivity index (χ2v) is 6.91. The number of hydrogen-bond donors (Lipinski definition) is 1. The van der Waals surface area contributed by atoms with E-state index < -0.39 is 0 Å². The van der Waals surface area contributed by atoms with Crippen LogP contribution in [-0.4, -0.2) is 5.11 Å². The van der Waals surface area contributed by atoms with Gasteiger partial charge in [0.15, 0.2) is 0 Å². The molecular weight excluding hydrogens is 403 g/mol. The van der Waals surface area contributed by atoms with E-state index in [4.69, 9.17) is 0 Å². The summed E-state index contributed by atoms with van der Waals surface area (Å²) >= 11 is 5.77. The summed E-state index contributed by atoms with van der Waals surface area (Å²) in [6.07, 6.45) is 5.43. The van der Waals surface area contributed by atoms with Crippen LogP contribution in [0.2, 0.25) is 0 Å². The van der Waals surface area contributed by atoms with Gasteiger partial charge in [-0.15, -0.1) is 0 Å². The van der Waals surface area contributed by atoms with Gasteiger partial charge in [0.1, 0.15) is 0 Å². The summed E-state index contributed by atoms with van der Waals surface area (Å²) in [4.78, 5) is 0. The van der Waals surface area contributed by atoms with Crippen molar-refractivity contribution >= 4 is 38.5 Å². The standard InChI is InChI=1S/C15H22BrIO/c1-3-5-6-11(4-2)9-15(18)13-10-12(16)7-8-14(13)17/h7-8,10-11,15,18H,3-6,9H2,1-2H3. The molecule has 1 N–H and O–H groups in total. The van der Waals surface area contributed by atoms with Crippen molar-refractivity contribution in [1.82, 2.24) is 0 Å². The van der Waals surface area contributed by atoms with Crippen LogP contribution in [0.1, 0.15) is 57.6 Å². The molecule has 0 saturated carbocycles. The van der Waals surface area contributed by atoms with Crippen LogP contribution in [0.3, 0.4) is 0 Å². The van der Waals surface area contributed by atoms with Gasteiger partial charge in [0.05, 0.1) is 6.10 Å². The van der Waals surface area contributed by atoms with Gasteiger partial charge in [-0.1, -0.05) is 55.5 Å². The summed E-state index contributed by atoms with van der Waals surface area (Å²) in [7, 11) is 0. The van der Waals surface area contributed by atoms with E-state index in [9.17, 15) is 5.11 Å². The molecule has 1 nitrogen and oxygen atoms in total. The zero-order valence-electron chi connectivity index (χ0n) is 11.1. The summed E-state index contributed by atoms with van der Waals surface area (Å²) in [5.74, 6) is 0.634. The average Bonchev–Trinajstić information content (AvgIpc) is 2.37. The molecule has 0 aromatic heterocycles. The van der Waals surface area contributed by atoms with Crippen LogP contribution in [0.4, 0.5) is 0 Å². The molecule has 0 heterocycles. The fraction of sp³-hybridized carbons (Fsp3) is 0.600. The van der Waals surface area contributed by atoms with Gasteiger partial charge in [0.25, 0.3) is 0 Å². The molecule has 102 valence electrons. The smallest absolute Gasteiger partial charge is 0.0803 e. The molecule has 0 aliphatic rings. The minimum Gasteiger partial charge on any atom is -0.388 e. The predicted octanol–water partition coefficient (Wildman–Crippen LogP) is 5.69. The number of aliphatic hydroxyl groups excluding tert-OH is 1. The fourth-order valence-corrected chi connectivity index (χ4v) is 3.27. The number of aliphatic hydroxyl groups is 1. The minimum atomic E-state index is -0.337. The first-order chi connectivity index (χ1) is 8.58. The largest absolute Gasteiger partial charge is 0.388 e. The maximum atomic E-state index is 10.4. The number of rotatable bonds is 7. The van der Waals surface area contributed by atoms with E-state index in [2.05, 4.69) is 58.4 Å². The second-order valence-electron chi connectivity index (χ2n) is 4.83. The van der Waals surface area contributed by atoms with Crippen molar-refractivity contribution in [3.63, 3.8) is 0 Å². The molecular formula is C15H22BrIO. The van der Waals surface area contributed by atoms with Gasteiger partial charge < -0.3 is 5.11 Å². The molecule has 18 heavy (non-hydrogen) atoms. The maximum Gasteiger partial charge on any atom is 0.0803 e. The Hall–Kier alpha value is 0.390. The van der Waals surface area contributed by atoms with E-state index in [0.29, 0.717) is 5.92 Å². The second kappa shape index (κ2) is 8.54. The van der Waals surface area contributed by atoms with Crippen molar-refractivity contribution in [2.75, 3.05) is 0 Å². The van der Waals surface area contributed by atoms with Gasteiger partial charge in [-0.25, -0.2) is 0 Å². The lowest BCUT2D eigenvalue weighted by atomic mass is 9.91. The number of halogens is 2. The van der Waals surface area contributed by atoms with Crippen molar-refractivity contribution in [2.24, 2.45) is 5.92 Å². The van der Waals surface area contributed by atoms with Crippen LogP contribution >= 0.6 is 38.5 Å². The van der Waals surface area contributed by atoms with E-state index in [1.807, 2.05) is 12.1 Å². The van der Waals surface area contributed by atoms with Gasteiger partial charge in [-0.3, -0.25) is 0 Å². The van der Waals surface area contributed by atoms with Gasteiger partial charge >= 0.3 is 0 Å². The zero-order valence-corrected chi connectivity index (χ0v) is 14.9. The molecule has 0 aliphatic carbocycles. The van der Waals surface area contributed by atoms with Crippen LogP contribution in [0.15, 0.2) is 22.7 Å². The topological polar surface area (TPSA) is 20.2 Å². The van der Waals surface area contributed by atoms with E-state index in [1.54, 1.807) is 0 Å². The summed E-state index contributed by atoms with van der Waals surface area (Å²) < 4.78 is 2.19. The number of benzene rings is 1. The molecule has 0 amide bonds. The Morgan fingerprint density at radius 1 is 1.33 bits per heavy atom. The fourth-order valence-electron chi connectivity index (χ4n) is 2.19. The zero-order chi connectivity index (χ0) is 13.5. The van der Waals surface area contributed by atoms with Gasteiger partial charge in [-0.2, -0.15) is 0 Å². The molecule has 3 heteroatoms. The van der Waals surface area contributed by atoms with Crippen molar-refractivity contribution in [3.05, 3.63) is 31.8 Å². The van der Waals surface area contributed by atoms with Crippen LogP contribution in [0.25, 0.3) is 0 Å². The van der Waals surface area contributed by atoms with Gasteiger partial charge in [-0.05, 0) is 58.7 Å². The highest BCUT2D eigenvalue weighted by Gasteiger charge is 2.16. The lowest BCUT2D eigenvalue weighted by Gasteiger charge is -2.20. The lowest BCUT2D eigenvalue weighted by Crippen LogP contribution is -2.08. The third-order valence-electron chi connectivity index (χ3n) is 3.42. The average molecular weight is 425 g/mol. The Balaban J connectivity index is 2.67. The van der Waals surface area contributed by atoms with Crippen molar-refractivity contribution in [2.45, 2.75) is 52.1 Å². The highest BCUT2D eigenvalue weighted by Crippen LogP contribution is 2.30. The van der Waals surface area contributed by atoms with Crippen LogP contribution < -0.4 is 0 Å². The van der Waals surface area contributed by atoms with E-state index in [1.165, 1.54) is 19.3 Å².